The van der Waals surface area contributed by atoms with E-state index in [0.29, 0.717) is 0 Å². The number of halogens is 1. The number of guanidine groups is 1. The van der Waals surface area contributed by atoms with Crippen LogP contribution in [0.1, 0.15) is 22.0 Å². The molecule has 120 valence electrons. The largest absolute Gasteiger partial charge is 0.356 e. The molecule has 7 heteroatoms. The van der Waals surface area contributed by atoms with Crippen molar-refractivity contribution >= 4 is 41.3 Å². The van der Waals surface area contributed by atoms with Gasteiger partial charge in [-0.3, -0.25) is 4.99 Å². The Morgan fingerprint density at radius 3 is 2.71 bits per heavy atom. The van der Waals surface area contributed by atoms with Crippen molar-refractivity contribution in [3.8, 4) is 0 Å². The van der Waals surface area contributed by atoms with Gasteiger partial charge in [-0.15, -0.1) is 35.3 Å². The smallest absolute Gasteiger partial charge is 0.191 e. The number of aliphatic imine (C=N–C) groups is 1. The average molecular weight is 423 g/mol. The van der Waals surface area contributed by atoms with E-state index in [1.54, 1.807) is 11.3 Å². The van der Waals surface area contributed by atoms with Crippen LogP contribution in [0.3, 0.4) is 0 Å². The number of hydrogen-bond acceptors (Lipinski definition) is 4. The summed E-state index contributed by atoms with van der Waals surface area (Å²) >= 11 is 1.75. The molecule has 1 aliphatic rings. The van der Waals surface area contributed by atoms with Crippen molar-refractivity contribution in [1.82, 2.24) is 20.5 Å². The Hall–Kier alpha value is -0.410. The molecule has 0 spiro atoms. The molecule has 0 aliphatic carbocycles. The van der Waals surface area contributed by atoms with Gasteiger partial charge in [0.05, 0.1) is 12.2 Å². The number of hydrogen-bond donors (Lipinski definition) is 2. The van der Waals surface area contributed by atoms with Crippen LogP contribution in [0.4, 0.5) is 0 Å². The number of thiazole rings is 1. The topological polar surface area (TPSA) is 52.6 Å². The molecule has 0 aromatic carbocycles. The fourth-order valence-corrected chi connectivity index (χ4v) is 3.30. The molecule has 1 unspecified atom stereocenters. The van der Waals surface area contributed by atoms with E-state index < -0.39 is 0 Å². The van der Waals surface area contributed by atoms with Crippen LogP contribution >= 0.6 is 35.3 Å². The van der Waals surface area contributed by atoms with E-state index in [1.807, 2.05) is 7.05 Å². The Labute approximate surface area is 148 Å². The van der Waals surface area contributed by atoms with E-state index in [4.69, 9.17) is 0 Å². The van der Waals surface area contributed by atoms with Gasteiger partial charge in [0.2, 0.25) is 0 Å². The highest BCUT2D eigenvalue weighted by atomic mass is 127. The lowest BCUT2D eigenvalue weighted by molar-refractivity contribution is 0.394. The lowest BCUT2D eigenvalue weighted by atomic mass is 10.1. The molecule has 0 saturated carbocycles. The fourth-order valence-electron chi connectivity index (χ4n) is 2.43. The second kappa shape index (κ2) is 8.89. The van der Waals surface area contributed by atoms with Gasteiger partial charge in [-0.25, -0.2) is 4.98 Å². The summed E-state index contributed by atoms with van der Waals surface area (Å²) in [6.45, 7) is 8.27. The molecular weight excluding hydrogens is 397 g/mol. The number of aromatic nitrogens is 1. The van der Waals surface area contributed by atoms with Crippen molar-refractivity contribution in [1.29, 1.82) is 0 Å². The van der Waals surface area contributed by atoms with Gasteiger partial charge in [0.25, 0.3) is 0 Å². The standard InChI is InChI=1S/C14H25N5S.HI/c1-10-11(2)20-13(18-10)8-17-14(15-3)16-7-12-5-6-19(4)9-12;/h12H,5-9H2,1-4H3,(H2,15,16,17);1H. The summed E-state index contributed by atoms with van der Waals surface area (Å²) in [4.78, 5) is 12.5. The van der Waals surface area contributed by atoms with Crippen molar-refractivity contribution in [2.24, 2.45) is 10.9 Å². The molecule has 1 saturated heterocycles. The highest BCUT2D eigenvalue weighted by molar-refractivity contribution is 14.0. The lowest BCUT2D eigenvalue weighted by Gasteiger charge is -2.14. The minimum Gasteiger partial charge on any atom is -0.356 e. The van der Waals surface area contributed by atoms with Crippen molar-refractivity contribution in [2.45, 2.75) is 26.8 Å². The lowest BCUT2D eigenvalue weighted by Crippen LogP contribution is -2.39. The molecule has 2 rings (SSSR count). The minimum absolute atomic E-state index is 0. The third kappa shape index (κ3) is 5.71. The molecule has 1 aromatic rings. The summed E-state index contributed by atoms with van der Waals surface area (Å²) in [7, 11) is 3.99. The number of nitrogens with zero attached hydrogens (tertiary/aromatic N) is 3. The normalized spacial score (nSPS) is 19.4. The molecule has 2 N–H and O–H groups in total. The third-order valence-corrected chi connectivity index (χ3v) is 4.82. The van der Waals surface area contributed by atoms with Crippen LogP contribution in [0, 0.1) is 19.8 Å². The maximum absolute atomic E-state index is 4.53. The average Bonchev–Trinajstić information content (AvgIpc) is 2.97. The van der Waals surface area contributed by atoms with Crippen molar-refractivity contribution in [3.63, 3.8) is 0 Å². The molecule has 21 heavy (non-hydrogen) atoms. The van der Waals surface area contributed by atoms with Crippen molar-refractivity contribution in [2.75, 3.05) is 33.7 Å². The van der Waals surface area contributed by atoms with E-state index in [1.165, 1.54) is 24.4 Å². The maximum atomic E-state index is 4.53. The zero-order valence-corrected chi connectivity index (χ0v) is 16.4. The summed E-state index contributed by atoms with van der Waals surface area (Å²) in [5.74, 6) is 1.59. The quantitative estimate of drug-likeness (QED) is 0.442. The molecule has 1 fully saturated rings. The summed E-state index contributed by atoms with van der Waals surface area (Å²) in [6.07, 6.45) is 1.27. The highest BCUT2D eigenvalue weighted by Gasteiger charge is 2.19. The second-order valence-corrected chi connectivity index (χ2v) is 6.76. The second-order valence-electron chi connectivity index (χ2n) is 5.47. The highest BCUT2D eigenvalue weighted by Crippen LogP contribution is 2.16. The first kappa shape index (κ1) is 18.6. The van der Waals surface area contributed by atoms with Gasteiger partial charge in [-0.05, 0) is 39.8 Å². The van der Waals surface area contributed by atoms with Crippen molar-refractivity contribution < 1.29 is 0 Å². The van der Waals surface area contributed by atoms with E-state index in [2.05, 4.69) is 46.4 Å². The van der Waals surface area contributed by atoms with Gasteiger partial charge in [0.15, 0.2) is 5.96 Å². The van der Waals surface area contributed by atoms with Gasteiger partial charge in [0, 0.05) is 25.0 Å². The Morgan fingerprint density at radius 2 is 2.19 bits per heavy atom. The molecule has 0 amide bonds. The van der Waals surface area contributed by atoms with Crippen LogP contribution in [0.15, 0.2) is 4.99 Å². The van der Waals surface area contributed by atoms with E-state index in [9.17, 15) is 0 Å². The number of aryl methyl sites for hydroxylation is 2. The first-order chi connectivity index (χ1) is 9.58. The predicted molar refractivity (Wildman–Crippen MR) is 101 cm³/mol. The molecule has 1 atom stereocenters. The van der Waals surface area contributed by atoms with E-state index in [-0.39, 0.29) is 24.0 Å². The first-order valence-electron chi connectivity index (χ1n) is 7.14. The Balaban J connectivity index is 0.00000220. The molecule has 0 radical (unpaired) electrons. The van der Waals surface area contributed by atoms with Gasteiger partial charge in [-0.1, -0.05) is 0 Å². The molecule has 1 aliphatic heterocycles. The van der Waals surface area contributed by atoms with Crippen LogP contribution in [0.25, 0.3) is 0 Å². The SMILES string of the molecule is CN=C(NCc1nc(C)c(C)s1)NCC1CCN(C)C1.I. The molecule has 1 aromatic heterocycles. The third-order valence-electron chi connectivity index (χ3n) is 3.75. The first-order valence-corrected chi connectivity index (χ1v) is 7.96. The van der Waals surface area contributed by atoms with Crippen molar-refractivity contribution in [3.05, 3.63) is 15.6 Å². The van der Waals surface area contributed by atoms with Crippen LogP contribution in [0.2, 0.25) is 0 Å². The van der Waals surface area contributed by atoms with Gasteiger partial charge < -0.3 is 15.5 Å². The van der Waals surface area contributed by atoms with Gasteiger partial charge in [0.1, 0.15) is 5.01 Å². The summed E-state index contributed by atoms with van der Waals surface area (Å²) in [5, 5.41) is 7.86. The number of nitrogens with one attached hydrogen (secondary N) is 2. The van der Waals surface area contributed by atoms with Crippen LogP contribution in [-0.4, -0.2) is 49.6 Å². The van der Waals surface area contributed by atoms with Crippen LogP contribution in [-0.2, 0) is 6.54 Å². The number of rotatable bonds is 4. The predicted octanol–water partition coefficient (Wildman–Crippen LogP) is 1.99. The van der Waals surface area contributed by atoms with Gasteiger partial charge >= 0.3 is 0 Å². The van der Waals surface area contributed by atoms with Crippen LogP contribution < -0.4 is 10.6 Å². The fraction of sp³-hybridized carbons (Fsp3) is 0.714. The monoisotopic (exact) mass is 423 g/mol. The molecule has 5 nitrogen and oxygen atoms in total. The number of likely N-dealkylation sites (tertiary alicyclic amines) is 1. The minimum atomic E-state index is 0. The maximum Gasteiger partial charge on any atom is 0.191 e. The van der Waals surface area contributed by atoms with Crippen LogP contribution in [0.5, 0.6) is 0 Å². The molecular formula is C14H26IN5S. The zero-order chi connectivity index (χ0) is 14.5. The Kier molecular flexibility index (Phi) is 7.89. The summed E-state index contributed by atoms with van der Waals surface area (Å²) < 4.78 is 0. The van der Waals surface area contributed by atoms with E-state index >= 15 is 0 Å². The van der Waals surface area contributed by atoms with Gasteiger partial charge in [-0.2, -0.15) is 0 Å². The Bertz CT molecular complexity index is 454. The Morgan fingerprint density at radius 1 is 1.43 bits per heavy atom. The molecule has 2 heterocycles. The van der Waals surface area contributed by atoms with E-state index in [0.717, 1.165) is 35.7 Å². The zero-order valence-electron chi connectivity index (χ0n) is 13.3. The summed E-state index contributed by atoms with van der Waals surface area (Å²) in [5.41, 5.74) is 1.13. The molecule has 0 bridgehead atoms. The summed E-state index contributed by atoms with van der Waals surface area (Å²) in [6, 6.07) is 0.